The van der Waals surface area contributed by atoms with E-state index < -0.39 is 29.5 Å². The predicted octanol–water partition coefficient (Wildman–Crippen LogP) is 4.28. The normalized spacial score (nSPS) is 16.5. The molecule has 0 aromatic heterocycles. The number of benzene rings is 3. The van der Waals surface area contributed by atoms with Gasteiger partial charge in [-0.05, 0) is 46.5 Å². The van der Waals surface area contributed by atoms with Crippen LogP contribution < -0.4 is 10.6 Å². The van der Waals surface area contributed by atoms with Crippen molar-refractivity contribution in [2.24, 2.45) is 0 Å². The molecule has 2 N–H and O–H groups in total. The second-order valence-electron chi connectivity index (χ2n) is 7.00. The average molecular weight is 416 g/mol. The van der Waals surface area contributed by atoms with E-state index in [0.29, 0.717) is 29.8 Å². The van der Waals surface area contributed by atoms with Crippen molar-refractivity contribution in [2.45, 2.75) is 18.6 Å². The van der Waals surface area contributed by atoms with Gasteiger partial charge in [-0.15, -0.1) is 0 Å². The van der Waals surface area contributed by atoms with Gasteiger partial charge in [-0.1, -0.05) is 36.4 Å². The largest absolute Gasteiger partial charge is 0.417 e. The van der Waals surface area contributed by atoms with Crippen LogP contribution in [-0.2, 0) is 11.0 Å². The van der Waals surface area contributed by atoms with E-state index in [1.165, 1.54) is 6.07 Å². The fourth-order valence-corrected chi connectivity index (χ4v) is 3.70. The monoisotopic (exact) mass is 416 g/mol. The molecule has 1 unspecified atom stereocenters. The van der Waals surface area contributed by atoms with Crippen LogP contribution in [0, 0.1) is 5.82 Å². The SMILES string of the molecule is O=C(NC1CCNC1=O)c1cccc2c(-c3ccc(F)cc3C(F)(F)F)cccc12. The molecule has 8 heteroatoms. The predicted molar refractivity (Wildman–Crippen MR) is 103 cm³/mol. The second kappa shape index (κ2) is 7.44. The van der Waals surface area contributed by atoms with E-state index in [1.807, 2.05) is 0 Å². The third-order valence-electron chi connectivity index (χ3n) is 5.10. The number of alkyl halides is 3. The Kier molecular flexibility index (Phi) is 4.93. The van der Waals surface area contributed by atoms with Gasteiger partial charge in [0.25, 0.3) is 5.91 Å². The Morgan fingerprint density at radius 2 is 1.73 bits per heavy atom. The molecule has 1 atom stereocenters. The highest BCUT2D eigenvalue weighted by molar-refractivity contribution is 6.11. The first-order valence-electron chi connectivity index (χ1n) is 9.23. The molecule has 0 radical (unpaired) electrons. The molecule has 2 amide bonds. The van der Waals surface area contributed by atoms with Gasteiger partial charge in [0.05, 0.1) is 5.56 Å². The van der Waals surface area contributed by atoms with E-state index in [9.17, 15) is 27.2 Å². The van der Waals surface area contributed by atoms with E-state index in [-0.39, 0.29) is 22.6 Å². The van der Waals surface area contributed by atoms with Crippen molar-refractivity contribution in [3.63, 3.8) is 0 Å². The topological polar surface area (TPSA) is 58.2 Å². The molecule has 1 heterocycles. The summed E-state index contributed by atoms with van der Waals surface area (Å²) in [5.74, 6) is -1.75. The third kappa shape index (κ3) is 3.60. The van der Waals surface area contributed by atoms with Crippen molar-refractivity contribution in [1.29, 1.82) is 0 Å². The Labute approximate surface area is 168 Å². The lowest BCUT2D eigenvalue weighted by Crippen LogP contribution is -2.40. The standard InChI is InChI=1S/C22H16F4N2O2/c23-12-7-8-16(18(11-12)22(24,25)26)14-4-1-5-15-13(14)3-2-6-17(15)20(29)28-19-9-10-27-21(19)30/h1-8,11,19H,9-10H2,(H,27,30)(H,28,29). The Hall–Kier alpha value is -3.42. The van der Waals surface area contributed by atoms with Crippen LogP contribution in [0.1, 0.15) is 22.3 Å². The highest BCUT2D eigenvalue weighted by atomic mass is 19.4. The molecule has 30 heavy (non-hydrogen) atoms. The minimum Gasteiger partial charge on any atom is -0.354 e. The molecule has 1 aliphatic heterocycles. The molecule has 0 aliphatic carbocycles. The highest BCUT2D eigenvalue weighted by Crippen LogP contribution is 2.40. The van der Waals surface area contributed by atoms with E-state index >= 15 is 0 Å². The molecular weight excluding hydrogens is 400 g/mol. The summed E-state index contributed by atoms with van der Waals surface area (Å²) in [7, 11) is 0. The number of fused-ring (bicyclic) bond motifs is 1. The van der Waals surface area contributed by atoms with Crippen LogP contribution in [0.3, 0.4) is 0 Å². The van der Waals surface area contributed by atoms with Gasteiger partial charge in [-0.3, -0.25) is 9.59 Å². The van der Waals surface area contributed by atoms with E-state index in [1.54, 1.807) is 30.3 Å². The Balaban J connectivity index is 1.83. The van der Waals surface area contributed by atoms with Crippen LogP contribution in [0.4, 0.5) is 17.6 Å². The van der Waals surface area contributed by atoms with Gasteiger partial charge in [0.1, 0.15) is 11.9 Å². The molecule has 4 nitrogen and oxygen atoms in total. The number of hydrogen-bond donors (Lipinski definition) is 2. The lowest BCUT2D eigenvalue weighted by Gasteiger charge is -2.16. The van der Waals surface area contributed by atoms with E-state index in [2.05, 4.69) is 10.6 Å². The van der Waals surface area contributed by atoms with Crippen LogP contribution in [-0.4, -0.2) is 24.4 Å². The lowest BCUT2D eigenvalue weighted by atomic mass is 9.92. The maximum Gasteiger partial charge on any atom is 0.417 e. The molecule has 1 fully saturated rings. The number of amides is 2. The van der Waals surface area contributed by atoms with Gasteiger partial charge in [0.2, 0.25) is 5.91 Å². The fraction of sp³-hybridized carbons (Fsp3) is 0.182. The highest BCUT2D eigenvalue weighted by Gasteiger charge is 2.34. The number of nitrogens with one attached hydrogen (secondary N) is 2. The van der Waals surface area contributed by atoms with Crippen molar-refractivity contribution >= 4 is 22.6 Å². The number of hydrogen-bond acceptors (Lipinski definition) is 2. The summed E-state index contributed by atoms with van der Waals surface area (Å²) in [4.78, 5) is 24.5. The van der Waals surface area contributed by atoms with Crippen LogP contribution in [0.5, 0.6) is 0 Å². The van der Waals surface area contributed by atoms with Crippen molar-refractivity contribution in [2.75, 3.05) is 6.54 Å². The zero-order valence-electron chi connectivity index (χ0n) is 15.5. The van der Waals surface area contributed by atoms with Gasteiger partial charge in [-0.25, -0.2) is 4.39 Å². The molecule has 0 bridgehead atoms. The first-order chi connectivity index (χ1) is 14.3. The minimum atomic E-state index is -4.75. The average Bonchev–Trinajstić information content (AvgIpc) is 3.11. The summed E-state index contributed by atoms with van der Waals surface area (Å²) < 4.78 is 54.1. The summed E-state index contributed by atoms with van der Waals surface area (Å²) in [5.41, 5.74) is -0.799. The number of carbonyl (C=O) groups excluding carboxylic acids is 2. The maximum absolute atomic E-state index is 13.5. The van der Waals surface area contributed by atoms with Crippen LogP contribution in [0.15, 0.2) is 54.6 Å². The van der Waals surface area contributed by atoms with Gasteiger partial charge in [0.15, 0.2) is 0 Å². The quantitative estimate of drug-likeness (QED) is 0.626. The summed E-state index contributed by atoms with van der Waals surface area (Å²) in [6, 6.07) is 11.2. The molecule has 154 valence electrons. The summed E-state index contributed by atoms with van der Waals surface area (Å²) in [6.45, 7) is 0.467. The second-order valence-corrected chi connectivity index (χ2v) is 7.00. The Bertz CT molecular complexity index is 1160. The van der Waals surface area contributed by atoms with E-state index in [0.717, 1.165) is 12.1 Å². The smallest absolute Gasteiger partial charge is 0.354 e. The zero-order valence-corrected chi connectivity index (χ0v) is 15.5. The first-order valence-corrected chi connectivity index (χ1v) is 9.23. The third-order valence-corrected chi connectivity index (χ3v) is 5.10. The summed E-state index contributed by atoms with van der Waals surface area (Å²) in [6.07, 6.45) is -4.28. The minimum absolute atomic E-state index is 0.178. The molecule has 1 saturated heterocycles. The Morgan fingerprint density at radius 1 is 1.00 bits per heavy atom. The van der Waals surface area contributed by atoms with Gasteiger partial charge < -0.3 is 10.6 Å². The molecular formula is C22H16F4N2O2. The lowest BCUT2D eigenvalue weighted by molar-refractivity contribution is -0.137. The maximum atomic E-state index is 13.5. The number of carbonyl (C=O) groups is 2. The number of halogens is 4. The molecule has 0 saturated carbocycles. The first kappa shape index (κ1) is 19.9. The zero-order chi connectivity index (χ0) is 21.5. The van der Waals surface area contributed by atoms with Gasteiger partial charge in [-0.2, -0.15) is 13.2 Å². The summed E-state index contributed by atoms with van der Waals surface area (Å²) in [5, 5.41) is 6.14. The number of rotatable bonds is 3. The molecule has 1 aliphatic rings. The van der Waals surface area contributed by atoms with Crippen LogP contribution >= 0.6 is 0 Å². The van der Waals surface area contributed by atoms with Crippen molar-refractivity contribution < 1.29 is 27.2 Å². The Morgan fingerprint density at radius 3 is 2.43 bits per heavy atom. The summed E-state index contributed by atoms with van der Waals surface area (Å²) >= 11 is 0. The van der Waals surface area contributed by atoms with Gasteiger partial charge >= 0.3 is 6.18 Å². The molecule has 4 rings (SSSR count). The van der Waals surface area contributed by atoms with Crippen LogP contribution in [0.2, 0.25) is 0 Å². The van der Waals surface area contributed by atoms with E-state index in [4.69, 9.17) is 0 Å². The van der Waals surface area contributed by atoms with Crippen molar-refractivity contribution in [3.05, 3.63) is 71.5 Å². The van der Waals surface area contributed by atoms with Crippen molar-refractivity contribution in [1.82, 2.24) is 10.6 Å². The molecule has 3 aromatic rings. The van der Waals surface area contributed by atoms with Crippen LogP contribution in [0.25, 0.3) is 21.9 Å². The fourth-order valence-electron chi connectivity index (χ4n) is 3.70. The van der Waals surface area contributed by atoms with Crippen molar-refractivity contribution in [3.8, 4) is 11.1 Å². The molecule has 0 spiro atoms. The molecule has 3 aromatic carbocycles. The van der Waals surface area contributed by atoms with Gasteiger partial charge in [0, 0.05) is 12.1 Å².